The fourth-order valence-corrected chi connectivity index (χ4v) is 2.62. The highest BCUT2D eigenvalue weighted by Gasteiger charge is 2.19. The molecule has 3 aromatic heterocycles. The molecule has 7 nitrogen and oxygen atoms in total. The van der Waals surface area contributed by atoms with E-state index in [0.29, 0.717) is 34.2 Å². The number of fused-ring (bicyclic) bond motifs is 1. The van der Waals surface area contributed by atoms with Crippen LogP contribution in [0, 0.1) is 0 Å². The first-order valence-corrected chi connectivity index (χ1v) is 7.58. The molecule has 25 heavy (non-hydrogen) atoms. The second-order valence-corrected chi connectivity index (χ2v) is 5.25. The number of methoxy groups -OCH3 is 1. The Morgan fingerprint density at radius 2 is 2.12 bits per heavy atom. The molecule has 0 saturated heterocycles. The maximum absolute atomic E-state index is 12.0. The van der Waals surface area contributed by atoms with E-state index in [1.54, 1.807) is 49.1 Å². The molecule has 124 valence electrons. The molecule has 7 heteroatoms. The molecule has 0 amide bonds. The van der Waals surface area contributed by atoms with Crippen LogP contribution in [0.5, 0.6) is 0 Å². The molecule has 1 aromatic carbocycles. The number of nitrogens with zero attached hydrogens (tertiary/aromatic N) is 3. The lowest BCUT2D eigenvalue weighted by atomic mass is 10.1. The average molecular weight is 334 g/mol. The summed E-state index contributed by atoms with van der Waals surface area (Å²) in [5.74, 6) is 0.864. The molecule has 1 N–H and O–H groups in total. The summed E-state index contributed by atoms with van der Waals surface area (Å²) in [6.07, 6.45) is 6.70. The minimum atomic E-state index is -0.418. The highest BCUT2D eigenvalue weighted by Crippen LogP contribution is 2.32. The highest BCUT2D eigenvalue weighted by atomic mass is 16.5. The van der Waals surface area contributed by atoms with Gasteiger partial charge in [0.1, 0.15) is 11.5 Å². The van der Waals surface area contributed by atoms with Crippen molar-refractivity contribution in [1.29, 1.82) is 0 Å². The Morgan fingerprint density at radius 1 is 1.24 bits per heavy atom. The average Bonchev–Trinajstić information content (AvgIpc) is 3.30. The molecule has 4 aromatic rings. The third-order valence-electron chi connectivity index (χ3n) is 3.77. The number of para-hydroxylation sites is 1. The van der Waals surface area contributed by atoms with Crippen LogP contribution >= 0.6 is 0 Å². The summed E-state index contributed by atoms with van der Waals surface area (Å²) >= 11 is 0. The van der Waals surface area contributed by atoms with Crippen molar-refractivity contribution in [3.8, 4) is 11.5 Å². The number of ether oxygens (including phenoxy) is 1. The van der Waals surface area contributed by atoms with Crippen molar-refractivity contribution in [3.63, 3.8) is 0 Å². The molecule has 0 radical (unpaired) electrons. The van der Waals surface area contributed by atoms with E-state index in [-0.39, 0.29) is 0 Å². The summed E-state index contributed by atoms with van der Waals surface area (Å²) < 4.78 is 12.2. The van der Waals surface area contributed by atoms with E-state index < -0.39 is 5.97 Å². The van der Waals surface area contributed by atoms with E-state index in [4.69, 9.17) is 9.15 Å². The van der Waals surface area contributed by atoms with Crippen molar-refractivity contribution >= 4 is 23.1 Å². The molecule has 0 saturated carbocycles. The van der Waals surface area contributed by atoms with Crippen LogP contribution in [0.15, 0.2) is 65.7 Å². The summed E-state index contributed by atoms with van der Waals surface area (Å²) in [5.41, 5.74) is 2.32. The van der Waals surface area contributed by atoms with Gasteiger partial charge in [0.25, 0.3) is 0 Å². The van der Waals surface area contributed by atoms with E-state index in [1.165, 1.54) is 7.11 Å². The maximum Gasteiger partial charge on any atom is 0.339 e. The molecule has 0 fully saturated rings. The number of rotatable bonds is 4. The van der Waals surface area contributed by atoms with Crippen LogP contribution in [0.25, 0.3) is 17.1 Å². The lowest BCUT2D eigenvalue weighted by Gasteiger charge is -2.11. The zero-order chi connectivity index (χ0) is 17.2. The first kappa shape index (κ1) is 14.9. The molecule has 3 heterocycles. The van der Waals surface area contributed by atoms with Gasteiger partial charge in [-0.25, -0.2) is 9.78 Å². The standard InChI is InChI=1S/C18H14N4O3/c1-24-18(23)12-5-2-3-6-13(12)20-17-16(14-7-4-10-25-14)21-15-11-19-8-9-22(15)17/h2-11,20H,1H3. The summed E-state index contributed by atoms with van der Waals surface area (Å²) in [6, 6.07) is 10.7. The van der Waals surface area contributed by atoms with Gasteiger partial charge in [-0.1, -0.05) is 12.1 Å². The van der Waals surface area contributed by atoms with Crippen LogP contribution in [0.2, 0.25) is 0 Å². The van der Waals surface area contributed by atoms with Crippen molar-refractivity contribution < 1.29 is 13.9 Å². The molecule has 0 bridgehead atoms. The Labute approximate surface area is 142 Å². The van der Waals surface area contributed by atoms with Gasteiger partial charge in [-0.2, -0.15) is 0 Å². The number of carbonyl (C=O) groups is 1. The first-order valence-electron chi connectivity index (χ1n) is 7.58. The lowest BCUT2D eigenvalue weighted by molar-refractivity contribution is 0.0602. The van der Waals surface area contributed by atoms with Gasteiger partial charge in [0.05, 0.1) is 30.8 Å². The van der Waals surface area contributed by atoms with Gasteiger partial charge in [-0.15, -0.1) is 0 Å². The number of furan rings is 1. The van der Waals surface area contributed by atoms with Gasteiger partial charge in [0.15, 0.2) is 11.4 Å². The molecule has 0 spiro atoms. The number of imidazole rings is 1. The summed E-state index contributed by atoms with van der Waals surface area (Å²) in [7, 11) is 1.35. The Bertz CT molecular complexity index is 1040. The van der Waals surface area contributed by atoms with Crippen molar-refractivity contribution in [3.05, 3.63) is 66.8 Å². The highest BCUT2D eigenvalue weighted by molar-refractivity contribution is 5.97. The van der Waals surface area contributed by atoms with Crippen LogP contribution in [-0.4, -0.2) is 27.4 Å². The topological polar surface area (TPSA) is 81.7 Å². The van der Waals surface area contributed by atoms with Gasteiger partial charge in [-0.05, 0) is 24.3 Å². The zero-order valence-electron chi connectivity index (χ0n) is 13.3. The third-order valence-corrected chi connectivity index (χ3v) is 3.77. The smallest absolute Gasteiger partial charge is 0.339 e. The minimum absolute atomic E-state index is 0.418. The van der Waals surface area contributed by atoms with Gasteiger partial charge >= 0.3 is 5.97 Å². The molecule has 0 aliphatic carbocycles. The maximum atomic E-state index is 12.0. The molecule has 0 atom stereocenters. The van der Waals surface area contributed by atoms with Crippen LogP contribution in [0.4, 0.5) is 11.5 Å². The van der Waals surface area contributed by atoms with E-state index >= 15 is 0 Å². The number of nitrogens with one attached hydrogen (secondary N) is 1. The number of carbonyl (C=O) groups excluding carboxylic acids is 1. The number of hydrogen-bond acceptors (Lipinski definition) is 6. The van der Waals surface area contributed by atoms with Crippen molar-refractivity contribution in [1.82, 2.24) is 14.4 Å². The summed E-state index contributed by atoms with van der Waals surface area (Å²) in [6.45, 7) is 0. The number of hydrogen-bond donors (Lipinski definition) is 1. The molecular weight excluding hydrogens is 320 g/mol. The largest absolute Gasteiger partial charge is 0.465 e. The van der Waals surface area contributed by atoms with Gasteiger partial charge in [0.2, 0.25) is 0 Å². The van der Waals surface area contributed by atoms with Crippen LogP contribution in [-0.2, 0) is 4.74 Å². The monoisotopic (exact) mass is 334 g/mol. The molecular formula is C18H14N4O3. The quantitative estimate of drug-likeness (QED) is 0.575. The van der Waals surface area contributed by atoms with E-state index in [1.807, 2.05) is 16.5 Å². The van der Waals surface area contributed by atoms with Crippen LogP contribution in [0.1, 0.15) is 10.4 Å². The van der Waals surface area contributed by atoms with Crippen LogP contribution < -0.4 is 5.32 Å². The van der Waals surface area contributed by atoms with Crippen LogP contribution in [0.3, 0.4) is 0 Å². The SMILES string of the molecule is COC(=O)c1ccccc1Nc1c(-c2ccco2)nc2cnccn12. The molecule has 0 aliphatic rings. The van der Waals surface area contributed by atoms with E-state index in [2.05, 4.69) is 15.3 Å². The second-order valence-electron chi connectivity index (χ2n) is 5.25. The fraction of sp³-hybridized carbons (Fsp3) is 0.0556. The minimum Gasteiger partial charge on any atom is -0.465 e. The predicted molar refractivity (Wildman–Crippen MR) is 91.8 cm³/mol. The van der Waals surface area contributed by atoms with Crippen molar-refractivity contribution in [2.24, 2.45) is 0 Å². The molecule has 4 rings (SSSR count). The molecule has 0 aliphatic heterocycles. The van der Waals surface area contributed by atoms with Gasteiger partial charge in [-0.3, -0.25) is 9.38 Å². The number of aromatic nitrogens is 3. The summed E-state index contributed by atoms with van der Waals surface area (Å²) in [4.78, 5) is 20.7. The first-order chi connectivity index (χ1) is 12.3. The second kappa shape index (κ2) is 6.12. The fourth-order valence-electron chi connectivity index (χ4n) is 2.62. The number of esters is 1. The Balaban J connectivity index is 1.88. The third kappa shape index (κ3) is 2.61. The Hall–Kier alpha value is -3.61. The number of anilines is 2. The predicted octanol–water partition coefficient (Wildman–Crippen LogP) is 3.52. The van der Waals surface area contributed by atoms with Gasteiger partial charge < -0.3 is 14.5 Å². The van der Waals surface area contributed by atoms with E-state index in [9.17, 15) is 4.79 Å². The number of benzene rings is 1. The van der Waals surface area contributed by atoms with Crippen molar-refractivity contribution in [2.45, 2.75) is 0 Å². The normalized spacial score (nSPS) is 10.8. The van der Waals surface area contributed by atoms with E-state index in [0.717, 1.165) is 0 Å². The van der Waals surface area contributed by atoms with Gasteiger partial charge in [0, 0.05) is 12.4 Å². The Kier molecular flexibility index (Phi) is 3.66. The summed E-state index contributed by atoms with van der Waals surface area (Å²) in [5, 5.41) is 3.28. The molecule has 0 unspecified atom stereocenters. The zero-order valence-corrected chi connectivity index (χ0v) is 13.3. The Morgan fingerprint density at radius 3 is 2.92 bits per heavy atom. The van der Waals surface area contributed by atoms with Crippen molar-refractivity contribution in [2.75, 3.05) is 12.4 Å². The lowest BCUT2D eigenvalue weighted by Crippen LogP contribution is -2.06.